The van der Waals surface area contributed by atoms with E-state index in [1.807, 2.05) is 6.92 Å². The summed E-state index contributed by atoms with van der Waals surface area (Å²) in [4.78, 5) is 0. The van der Waals surface area contributed by atoms with E-state index in [-0.39, 0.29) is 6.04 Å². The highest BCUT2D eigenvalue weighted by Gasteiger charge is 2.31. The minimum atomic E-state index is -4.32. The zero-order chi connectivity index (χ0) is 11.6. The fraction of sp³-hybridized carbons (Fsp3) is 0.400. The number of hydrogen-bond donors (Lipinski definition) is 1. The summed E-state index contributed by atoms with van der Waals surface area (Å²) in [6, 6.07) is 3.14. The Labute approximate surface area is 94.6 Å². The molecular formula is C10H11BrF3N. The Balaban J connectivity index is 3.17. The molecule has 5 heteroatoms. The molecule has 1 nitrogen and oxygen atoms in total. The van der Waals surface area contributed by atoms with Crippen LogP contribution in [0.1, 0.15) is 30.5 Å². The highest BCUT2D eigenvalue weighted by molar-refractivity contribution is 9.10. The predicted octanol–water partition coefficient (Wildman–Crippen LogP) is 3.88. The molecule has 0 heterocycles. The van der Waals surface area contributed by atoms with E-state index in [0.29, 0.717) is 16.5 Å². The van der Waals surface area contributed by atoms with Crippen LogP contribution in [0.5, 0.6) is 0 Å². The first kappa shape index (κ1) is 12.5. The molecule has 84 valence electrons. The minimum absolute atomic E-state index is 0.373. The van der Waals surface area contributed by atoms with E-state index < -0.39 is 11.7 Å². The van der Waals surface area contributed by atoms with Gasteiger partial charge in [0.05, 0.1) is 5.56 Å². The van der Waals surface area contributed by atoms with Crippen molar-refractivity contribution in [2.24, 2.45) is 5.73 Å². The number of benzene rings is 1. The van der Waals surface area contributed by atoms with Gasteiger partial charge in [0.2, 0.25) is 0 Å². The van der Waals surface area contributed by atoms with Crippen molar-refractivity contribution in [3.8, 4) is 0 Å². The number of hydrogen-bond acceptors (Lipinski definition) is 1. The lowest BCUT2D eigenvalue weighted by Crippen LogP contribution is -2.12. The first-order valence-electron chi connectivity index (χ1n) is 4.48. The molecule has 15 heavy (non-hydrogen) atoms. The second kappa shape index (κ2) is 4.53. The molecule has 0 aliphatic rings. The largest absolute Gasteiger partial charge is 0.416 e. The van der Waals surface area contributed by atoms with Crippen molar-refractivity contribution in [2.75, 3.05) is 0 Å². The van der Waals surface area contributed by atoms with E-state index in [9.17, 15) is 13.2 Å². The maximum Gasteiger partial charge on any atom is 0.416 e. The van der Waals surface area contributed by atoms with Crippen LogP contribution in [-0.4, -0.2) is 0 Å². The van der Waals surface area contributed by atoms with E-state index in [1.165, 1.54) is 6.07 Å². The lowest BCUT2D eigenvalue weighted by atomic mass is 10.0. The second-order valence-electron chi connectivity index (χ2n) is 3.25. The standard InChI is InChI=1S/C10H11BrF3N/c1-2-9(15)7-5-6(10(12,13)14)3-4-8(7)11/h3-5,9H,2,15H2,1H3/t9-/m1/s1. The Morgan fingerprint density at radius 3 is 2.47 bits per heavy atom. The highest BCUT2D eigenvalue weighted by atomic mass is 79.9. The lowest BCUT2D eigenvalue weighted by Gasteiger charge is -2.14. The molecule has 0 spiro atoms. The van der Waals surface area contributed by atoms with Crippen LogP contribution in [0.3, 0.4) is 0 Å². The third-order valence-corrected chi connectivity index (χ3v) is 2.88. The van der Waals surface area contributed by atoms with Gasteiger partial charge in [-0.1, -0.05) is 22.9 Å². The molecule has 2 N–H and O–H groups in total. The van der Waals surface area contributed by atoms with Gasteiger partial charge in [0.15, 0.2) is 0 Å². The van der Waals surface area contributed by atoms with Crippen LogP contribution in [-0.2, 0) is 6.18 Å². The molecule has 1 aromatic rings. The second-order valence-corrected chi connectivity index (χ2v) is 4.10. The van der Waals surface area contributed by atoms with Gasteiger partial charge in [-0.2, -0.15) is 13.2 Å². The van der Waals surface area contributed by atoms with Gasteiger partial charge in [-0.3, -0.25) is 0 Å². The fourth-order valence-electron chi connectivity index (χ4n) is 1.22. The third-order valence-electron chi connectivity index (χ3n) is 2.16. The summed E-state index contributed by atoms with van der Waals surface area (Å²) in [7, 11) is 0. The van der Waals surface area contributed by atoms with Crippen molar-refractivity contribution in [1.82, 2.24) is 0 Å². The summed E-state index contributed by atoms with van der Waals surface area (Å²) in [6.07, 6.45) is -3.72. The summed E-state index contributed by atoms with van der Waals surface area (Å²) < 4.78 is 37.8. The maximum absolute atomic E-state index is 12.4. The molecule has 1 aromatic carbocycles. The van der Waals surface area contributed by atoms with Crippen molar-refractivity contribution in [3.05, 3.63) is 33.8 Å². The van der Waals surface area contributed by atoms with Crippen LogP contribution < -0.4 is 5.73 Å². The van der Waals surface area contributed by atoms with Crippen LogP contribution in [0.15, 0.2) is 22.7 Å². The molecule has 0 fully saturated rings. The van der Waals surface area contributed by atoms with Crippen molar-refractivity contribution in [2.45, 2.75) is 25.6 Å². The van der Waals surface area contributed by atoms with Gasteiger partial charge >= 0.3 is 6.18 Å². The molecule has 0 bridgehead atoms. The average Bonchev–Trinajstić information content (AvgIpc) is 2.15. The fourth-order valence-corrected chi connectivity index (χ4v) is 1.76. The first-order valence-corrected chi connectivity index (χ1v) is 5.27. The van der Waals surface area contributed by atoms with Crippen LogP contribution in [0.2, 0.25) is 0 Å². The Morgan fingerprint density at radius 2 is 2.00 bits per heavy atom. The van der Waals surface area contributed by atoms with Gasteiger partial charge in [0.25, 0.3) is 0 Å². The van der Waals surface area contributed by atoms with Crippen LogP contribution in [0.25, 0.3) is 0 Å². The van der Waals surface area contributed by atoms with E-state index in [0.717, 1.165) is 12.1 Å². The maximum atomic E-state index is 12.4. The molecule has 0 saturated heterocycles. The van der Waals surface area contributed by atoms with E-state index >= 15 is 0 Å². The molecule has 1 atom stereocenters. The minimum Gasteiger partial charge on any atom is -0.324 e. The topological polar surface area (TPSA) is 26.0 Å². The van der Waals surface area contributed by atoms with E-state index in [1.54, 1.807) is 0 Å². The number of rotatable bonds is 2. The Kier molecular flexibility index (Phi) is 3.78. The molecule has 0 unspecified atom stereocenters. The summed E-state index contributed by atoms with van der Waals surface area (Å²) in [5.41, 5.74) is 5.54. The summed E-state index contributed by atoms with van der Waals surface area (Å²) in [5, 5.41) is 0. The molecule has 0 radical (unpaired) electrons. The van der Waals surface area contributed by atoms with Crippen LogP contribution in [0.4, 0.5) is 13.2 Å². The van der Waals surface area contributed by atoms with Crippen molar-refractivity contribution >= 4 is 15.9 Å². The summed E-state index contributed by atoms with van der Waals surface area (Å²) >= 11 is 3.19. The molecular weight excluding hydrogens is 271 g/mol. The molecule has 0 aliphatic heterocycles. The molecule has 0 aliphatic carbocycles. The van der Waals surface area contributed by atoms with Gasteiger partial charge in [-0.15, -0.1) is 0 Å². The van der Waals surface area contributed by atoms with Crippen molar-refractivity contribution in [1.29, 1.82) is 0 Å². The molecule has 0 aromatic heterocycles. The SMILES string of the molecule is CC[C@@H](N)c1cc(C(F)(F)F)ccc1Br. The van der Waals surface area contributed by atoms with E-state index in [2.05, 4.69) is 15.9 Å². The van der Waals surface area contributed by atoms with Gasteiger partial charge in [-0.05, 0) is 30.2 Å². The lowest BCUT2D eigenvalue weighted by molar-refractivity contribution is -0.137. The Bertz CT molecular complexity index is 349. The zero-order valence-electron chi connectivity index (χ0n) is 8.11. The first-order chi connectivity index (χ1) is 6.86. The molecule has 0 saturated carbocycles. The third kappa shape index (κ3) is 2.95. The number of halogens is 4. The Hall–Kier alpha value is -0.550. The average molecular weight is 282 g/mol. The normalized spacial score (nSPS) is 14.0. The van der Waals surface area contributed by atoms with Crippen LogP contribution >= 0.6 is 15.9 Å². The quantitative estimate of drug-likeness (QED) is 0.875. The summed E-state index contributed by atoms with van der Waals surface area (Å²) in [6.45, 7) is 1.83. The molecule has 0 amide bonds. The Morgan fingerprint density at radius 1 is 1.40 bits per heavy atom. The monoisotopic (exact) mass is 281 g/mol. The van der Waals surface area contributed by atoms with Gasteiger partial charge in [0, 0.05) is 10.5 Å². The predicted molar refractivity (Wildman–Crippen MR) is 56.4 cm³/mol. The molecule has 1 rings (SSSR count). The highest BCUT2D eigenvalue weighted by Crippen LogP contribution is 2.33. The van der Waals surface area contributed by atoms with Gasteiger partial charge in [0.1, 0.15) is 0 Å². The smallest absolute Gasteiger partial charge is 0.324 e. The number of alkyl halides is 3. The van der Waals surface area contributed by atoms with Gasteiger partial charge < -0.3 is 5.73 Å². The van der Waals surface area contributed by atoms with E-state index in [4.69, 9.17) is 5.73 Å². The van der Waals surface area contributed by atoms with Gasteiger partial charge in [-0.25, -0.2) is 0 Å². The summed E-state index contributed by atoms with van der Waals surface area (Å²) in [5.74, 6) is 0. The number of nitrogens with two attached hydrogens (primary N) is 1. The van der Waals surface area contributed by atoms with Crippen molar-refractivity contribution < 1.29 is 13.2 Å². The van der Waals surface area contributed by atoms with Crippen LogP contribution in [0, 0.1) is 0 Å². The zero-order valence-corrected chi connectivity index (χ0v) is 9.69. The van der Waals surface area contributed by atoms with Crippen molar-refractivity contribution in [3.63, 3.8) is 0 Å².